The van der Waals surface area contributed by atoms with E-state index in [2.05, 4.69) is 77.5 Å². The molecule has 39 heavy (non-hydrogen) atoms. The average Bonchev–Trinajstić information content (AvgIpc) is 3.32. The Labute approximate surface area is 234 Å². The van der Waals surface area contributed by atoms with E-state index >= 15 is 0 Å². The van der Waals surface area contributed by atoms with Crippen LogP contribution in [0.25, 0.3) is 22.2 Å². The van der Waals surface area contributed by atoms with Crippen LogP contribution in [0, 0.1) is 0 Å². The quantitative estimate of drug-likeness (QED) is 0.141. The lowest BCUT2D eigenvalue weighted by molar-refractivity contribution is -0.120. The Bertz CT molecular complexity index is 1260. The van der Waals surface area contributed by atoms with E-state index in [0.29, 0.717) is 6.42 Å². The van der Waals surface area contributed by atoms with E-state index in [1.54, 1.807) is 0 Å². The minimum atomic E-state index is 0.0962. The smallest absolute Gasteiger partial charge is 0.224 e. The topological polar surface area (TPSA) is 46.9 Å². The highest BCUT2D eigenvalue weighted by Crippen LogP contribution is 2.21. The molecule has 0 bridgehead atoms. The molecule has 0 atom stereocenters. The molecule has 4 nitrogen and oxygen atoms in total. The summed E-state index contributed by atoms with van der Waals surface area (Å²) in [7, 11) is 0. The lowest BCUT2D eigenvalue weighted by Crippen LogP contribution is -2.26. The molecule has 0 saturated heterocycles. The molecule has 0 radical (unpaired) electrons. The third-order valence-corrected chi connectivity index (χ3v) is 7.54. The number of carbonyl (C=O) groups excluding carboxylic acids is 1. The summed E-state index contributed by atoms with van der Waals surface area (Å²) in [5.74, 6) is 1.31. The number of unbranched alkanes of at least 4 members (excludes halogenated alkanes) is 8. The Morgan fingerprint density at radius 1 is 0.718 bits per heavy atom. The highest BCUT2D eigenvalue weighted by atomic mass is 16.1. The third kappa shape index (κ3) is 9.09. The normalized spacial score (nSPS) is 11.2. The zero-order valence-electron chi connectivity index (χ0n) is 23.7. The van der Waals surface area contributed by atoms with E-state index in [1.165, 1.54) is 67.4 Å². The standard InChI is InChI=1S/C35H45N3O/c1-2-3-4-5-6-7-16-27-38-33-20-14-13-19-32(33)37-34(38)21-12-9-15-26-36-35(39)28-29-22-24-31(25-23-29)30-17-10-8-11-18-30/h8,10-11,13-14,17-20,22-25H,2-7,9,12,15-16,21,26-28H2,1H3,(H,36,39). The highest BCUT2D eigenvalue weighted by molar-refractivity contribution is 5.79. The predicted molar refractivity (Wildman–Crippen MR) is 164 cm³/mol. The molecule has 0 saturated carbocycles. The second kappa shape index (κ2) is 15.9. The molecule has 4 heteroatoms. The maximum absolute atomic E-state index is 12.4. The van der Waals surface area contributed by atoms with Crippen molar-refractivity contribution in [2.45, 2.75) is 90.5 Å². The van der Waals surface area contributed by atoms with Crippen molar-refractivity contribution >= 4 is 16.9 Å². The molecule has 0 spiro atoms. The molecule has 206 valence electrons. The zero-order valence-corrected chi connectivity index (χ0v) is 23.7. The molecule has 0 fully saturated rings. The monoisotopic (exact) mass is 523 g/mol. The van der Waals surface area contributed by atoms with Crippen LogP contribution in [-0.4, -0.2) is 22.0 Å². The molecular formula is C35H45N3O. The van der Waals surface area contributed by atoms with Gasteiger partial charge in [0.1, 0.15) is 5.82 Å². The number of nitrogens with zero attached hydrogens (tertiary/aromatic N) is 2. The van der Waals surface area contributed by atoms with Gasteiger partial charge in [-0.1, -0.05) is 119 Å². The third-order valence-electron chi connectivity index (χ3n) is 7.54. The van der Waals surface area contributed by atoms with Gasteiger partial charge in [-0.3, -0.25) is 4.79 Å². The minimum absolute atomic E-state index is 0.0962. The van der Waals surface area contributed by atoms with Gasteiger partial charge in [0.25, 0.3) is 0 Å². The average molecular weight is 524 g/mol. The summed E-state index contributed by atoms with van der Waals surface area (Å²) in [6, 6.07) is 27.2. The summed E-state index contributed by atoms with van der Waals surface area (Å²) >= 11 is 0. The molecule has 0 aliphatic carbocycles. The first-order valence-electron chi connectivity index (χ1n) is 15.1. The maximum Gasteiger partial charge on any atom is 0.224 e. The summed E-state index contributed by atoms with van der Waals surface area (Å²) in [5, 5.41) is 3.10. The van der Waals surface area contributed by atoms with E-state index in [4.69, 9.17) is 4.98 Å². The number of amides is 1. The molecule has 3 aromatic carbocycles. The van der Waals surface area contributed by atoms with Crippen molar-refractivity contribution in [1.29, 1.82) is 0 Å². The SMILES string of the molecule is CCCCCCCCCn1c(CCCCCNC(=O)Cc2ccc(-c3ccccc3)cc2)nc2ccccc21. The molecule has 4 aromatic rings. The van der Waals surface area contributed by atoms with Gasteiger partial charge in [0.2, 0.25) is 5.91 Å². The number of aromatic nitrogens is 2. The highest BCUT2D eigenvalue weighted by Gasteiger charge is 2.10. The number of hydrogen-bond donors (Lipinski definition) is 1. The van der Waals surface area contributed by atoms with Crippen LogP contribution in [0.3, 0.4) is 0 Å². The number of para-hydroxylation sites is 2. The summed E-state index contributed by atoms with van der Waals surface area (Å²) in [6.07, 6.45) is 13.9. The van der Waals surface area contributed by atoms with E-state index in [9.17, 15) is 4.79 Å². The van der Waals surface area contributed by atoms with Crippen LogP contribution in [0.15, 0.2) is 78.9 Å². The van der Waals surface area contributed by atoms with Crippen LogP contribution >= 0.6 is 0 Å². The number of hydrogen-bond acceptors (Lipinski definition) is 2. The van der Waals surface area contributed by atoms with Crippen molar-refractivity contribution < 1.29 is 4.79 Å². The Hall–Kier alpha value is -3.40. The van der Waals surface area contributed by atoms with Crippen LogP contribution in [-0.2, 0) is 24.2 Å². The second-order valence-electron chi connectivity index (χ2n) is 10.7. The Kier molecular flexibility index (Phi) is 11.6. The molecule has 0 unspecified atom stereocenters. The number of fused-ring (bicyclic) bond motifs is 1. The van der Waals surface area contributed by atoms with Crippen molar-refractivity contribution in [3.8, 4) is 11.1 Å². The molecule has 1 N–H and O–H groups in total. The molecule has 0 aliphatic heterocycles. The number of benzene rings is 3. The molecular weight excluding hydrogens is 478 g/mol. The molecule has 4 rings (SSSR count). The summed E-state index contributed by atoms with van der Waals surface area (Å²) in [4.78, 5) is 17.4. The Morgan fingerprint density at radius 3 is 2.18 bits per heavy atom. The lowest BCUT2D eigenvalue weighted by Gasteiger charge is -2.10. The number of rotatable bonds is 17. The van der Waals surface area contributed by atoms with Gasteiger partial charge in [0.05, 0.1) is 17.5 Å². The summed E-state index contributed by atoms with van der Waals surface area (Å²) in [5.41, 5.74) is 5.80. The van der Waals surface area contributed by atoms with Crippen molar-refractivity contribution in [3.05, 3.63) is 90.3 Å². The molecule has 1 amide bonds. The molecule has 1 aromatic heterocycles. The number of imidazole rings is 1. The van der Waals surface area contributed by atoms with Crippen molar-refractivity contribution in [3.63, 3.8) is 0 Å². The van der Waals surface area contributed by atoms with Gasteiger partial charge in [0, 0.05) is 19.5 Å². The van der Waals surface area contributed by atoms with E-state index in [0.717, 1.165) is 49.9 Å². The van der Waals surface area contributed by atoms with Gasteiger partial charge < -0.3 is 9.88 Å². The lowest BCUT2D eigenvalue weighted by atomic mass is 10.0. The zero-order chi connectivity index (χ0) is 27.1. The van der Waals surface area contributed by atoms with Gasteiger partial charge in [0.15, 0.2) is 0 Å². The number of aryl methyl sites for hydroxylation is 2. The van der Waals surface area contributed by atoms with Gasteiger partial charge in [-0.25, -0.2) is 4.98 Å². The van der Waals surface area contributed by atoms with Crippen LogP contribution in [0.1, 0.15) is 82.5 Å². The largest absolute Gasteiger partial charge is 0.356 e. The van der Waals surface area contributed by atoms with Gasteiger partial charge in [-0.05, 0) is 48.1 Å². The first-order valence-corrected chi connectivity index (χ1v) is 15.1. The van der Waals surface area contributed by atoms with Crippen molar-refractivity contribution in [2.24, 2.45) is 0 Å². The second-order valence-corrected chi connectivity index (χ2v) is 10.7. The van der Waals surface area contributed by atoms with E-state index in [1.807, 2.05) is 18.2 Å². The fraction of sp³-hybridized carbons (Fsp3) is 0.429. The predicted octanol–water partition coefficient (Wildman–Crippen LogP) is 8.53. The van der Waals surface area contributed by atoms with Crippen molar-refractivity contribution in [1.82, 2.24) is 14.9 Å². The first kappa shape index (κ1) is 28.6. The fourth-order valence-electron chi connectivity index (χ4n) is 5.30. The van der Waals surface area contributed by atoms with Crippen LogP contribution in [0.4, 0.5) is 0 Å². The van der Waals surface area contributed by atoms with Crippen molar-refractivity contribution in [2.75, 3.05) is 6.54 Å². The molecule has 0 aliphatic rings. The van der Waals surface area contributed by atoms with Gasteiger partial charge in [-0.2, -0.15) is 0 Å². The fourth-order valence-corrected chi connectivity index (χ4v) is 5.30. The number of nitrogens with one attached hydrogen (secondary N) is 1. The Morgan fingerprint density at radius 2 is 1.38 bits per heavy atom. The van der Waals surface area contributed by atoms with Crippen LogP contribution < -0.4 is 5.32 Å². The van der Waals surface area contributed by atoms with E-state index in [-0.39, 0.29) is 5.91 Å². The summed E-state index contributed by atoms with van der Waals surface area (Å²) in [6.45, 7) is 4.07. The molecule has 1 heterocycles. The van der Waals surface area contributed by atoms with Crippen LogP contribution in [0.5, 0.6) is 0 Å². The van der Waals surface area contributed by atoms with E-state index < -0.39 is 0 Å². The maximum atomic E-state index is 12.4. The van der Waals surface area contributed by atoms with Gasteiger partial charge >= 0.3 is 0 Å². The summed E-state index contributed by atoms with van der Waals surface area (Å²) < 4.78 is 2.45. The minimum Gasteiger partial charge on any atom is -0.356 e. The number of carbonyl (C=O) groups is 1. The van der Waals surface area contributed by atoms with Crippen LogP contribution in [0.2, 0.25) is 0 Å². The Balaban J connectivity index is 1.15. The van der Waals surface area contributed by atoms with Gasteiger partial charge in [-0.15, -0.1) is 0 Å². The first-order chi connectivity index (χ1) is 19.2.